The smallest absolute Gasteiger partial charge is 0.247 e. The van der Waals surface area contributed by atoms with Crippen LogP contribution < -0.4 is 10.9 Å². The Labute approximate surface area is 189 Å². The summed E-state index contributed by atoms with van der Waals surface area (Å²) in [5.74, 6) is 0.308. The van der Waals surface area contributed by atoms with E-state index in [0.717, 1.165) is 24.0 Å². The highest BCUT2D eigenvalue weighted by atomic mass is 16.3. The number of allylic oxidation sites excluding steroid dienone is 1. The van der Waals surface area contributed by atoms with Gasteiger partial charge in [0.05, 0.1) is 5.71 Å². The van der Waals surface area contributed by atoms with E-state index in [9.17, 15) is 9.90 Å². The summed E-state index contributed by atoms with van der Waals surface area (Å²) in [6.45, 7) is 8.74. The molecule has 7 nitrogen and oxygen atoms in total. The summed E-state index contributed by atoms with van der Waals surface area (Å²) in [6.07, 6.45) is 6.59. The average Bonchev–Trinajstić information content (AvgIpc) is 2.69. The summed E-state index contributed by atoms with van der Waals surface area (Å²) in [5.41, 5.74) is 1.79. The molecule has 5 N–H and O–H groups in total. The van der Waals surface area contributed by atoms with Gasteiger partial charge in [-0.2, -0.15) is 0 Å². The summed E-state index contributed by atoms with van der Waals surface area (Å²) in [6, 6.07) is 8.37. The number of aromatic amines is 1. The third kappa shape index (κ3) is 5.53. The molecule has 170 valence electrons. The van der Waals surface area contributed by atoms with Crippen molar-refractivity contribution in [3.05, 3.63) is 64.6 Å². The number of benzene rings is 1. The standard InChI is InChI=1S/C25H33N5O2/c1-24(2)13-18(14-25(3,4)29-24)30(5)22(27)10-9-20(26)19-8-6-16(12-21(19)31)17-7-11-23(32)28-15-17/h6-12,15,18,26-27,29,31H,13-14H2,1-5H3,(H,28,32)/b10-9-,26-20?,27-22?. The van der Waals surface area contributed by atoms with E-state index in [0.29, 0.717) is 11.4 Å². The second-order valence-electron chi connectivity index (χ2n) is 9.87. The lowest BCUT2D eigenvalue weighted by Crippen LogP contribution is -2.62. The quantitative estimate of drug-likeness (QED) is 0.362. The SMILES string of the molecule is CN(C(=N)/C=C\C(=N)c1ccc(-c2ccc(=O)[nH]c2)cc1O)C1CC(C)(C)NC(C)(C)C1. The molecule has 32 heavy (non-hydrogen) atoms. The lowest BCUT2D eigenvalue weighted by molar-refractivity contribution is 0.114. The number of phenolic OH excluding ortho intramolecular Hbond substituents is 1. The predicted octanol–water partition coefficient (Wildman–Crippen LogP) is 3.89. The van der Waals surface area contributed by atoms with Crippen LogP contribution in [0.3, 0.4) is 0 Å². The number of rotatable bonds is 5. The summed E-state index contributed by atoms with van der Waals surface area (Å²) in [5, 5.41) is 31.0. The van der Waals surface area contributed by atoms with Gasteiger partial charge in [-0.3, -0.25) is 10.2 Å². The fourth-order valence-corrected chi connectivity index (χ4v) is 4.64. The van der Waals surface area contributed by atoms with Crippen molar-refractivity contribution in [2.24, 2.45) is 0 Å². The van der Waals surface area contributed by atoms with Gasteiger partial charge in [-0.25, -0.2) is 0 Å². The molecule has 1 aromatic carbocycles. The van der Waals surface area contributed by atoms with Crippen LogP contribution in [0, 0.1) is 10.8 Å². The molecule has 1 saturated heterocycles. The van der Waals surface area contributed by atoms with Crippen LogP contribution in [-0.4, -0.2) is 50.7 Å². The number of piperidine rings is 1. The normalized spacial score (nSPS) is 17.9. The lowest BCUT2D eigenvalue weighted by atomic mass is 9.79. The maximum absolute atomic E-state index is 11.2. The summed E-state index contributed by atoms with van der Waals surface area (Å²) in [7, 11) is 1.93. The highest BCUT2D eigenvalue weighted by Gasteiger charge is 2.39. The van der Waals surface area contributed by atoms with Gasteiger partial charge >= 0.3 is 0 Å². The third-order valence-electron chi connectivity index (χ3n) is 5.91. The van der Waals surface area contributed by atoms with E-state index in [1.165, 1.54) is 6.07 Å². The molecular weight excluding hydrogens is 402 g/mol. The van der Waals surface area contributed by atoms with Crippen LogP contribution in [0.1, 0.15) is 46.1 Å². The fraction of sp³-hybridized carbons (Fsp3) is 0.400. The molecule has 3 rings (SSSR count). The van der Waals surface area contributed by atoms with Gasteiger partial charge in [0.15, 0.2) is 0 Å². The number of hydrogen-bond acceptors (Lipinski definition) is 5. The molecule has 2 aromatic rings. The van der Waals surface area contributed by atoms with Crippen molar-refractivity contribution in [3.8, 4) is 16.9 Å². The van der Waals surface area contributed by atoms with Crippen LogP contribution in [0.15, 0.2) is 53.5 Å². The molecular formula is C25H33N5O2. The minimum Gasteiger partial charge on any atom is -0.507 e. The Hall–Kier alpha value is -3.19. The monoisotopic (exact) mass is 435 g/mol. The van der Waals surface area contributed by atoms with Gasteiger partial charge in [0.1, 0.15) is 11.6 Å². The van der Waals surface area contributed by atoms with Crippen LogP contribution in [0.4, 0.5) is 0 Å². The van der Waals surface area contributed by atoms with E-state index in [2.05, 4.69) is 38.0 Å². The maximum atomic E-state index is 11.2. The van der Waals surface area contributed by atoms with Gasteiger partial charge in [-0.1, -0.05) is 6.07 Å². The first kappa shape index (κ1) is 23.5. The zero-order valence-corrected chi connectivity index (χ0v) is 19.4. The molecule has 0 aliphatic carbocycles. The second-order valence-corrected chi connectivity index (χ2v) is 9.87. The van der Waals surface area contributed by atoms with Crippen LogP contribution in [0.2, 0.25) is 0 Å². The molecule has 1 aliphatic heterocycles. The second kappa shape index (κ2) is 8.74. The van der Waals surface area contributed by atoms with Crippen LogP contribution in [0.25, 0.3) is 11.1 Å². The number of aromatic nitrogens is 1. The topological polar surface area (TPSA) is 116 Å². The van der Waals surface area contributed by atoms with E-state index >= 15 is 0 Å². The zero-order valence-electron chi connectivity index (χ0n) is 19.4. The molecule has 7 heteroatoms. The highest BCUT2D eigenvalue weighted by molar-refractivity contribution is 6.11. The van der Waals surface area contributed by atoms with Gasteiger partial charge in [-0.05, 0) is 82.0 Å². The zero-order chi connectivity index (χ0) is 23.7. The predicted molar refractivity (Wildman–Crippen MR) is 130 cm³/mol. The number of hydrogen-bond donors (Lipinski definition) is 5. The summed E-state index contributed by atoms with van der Waals surface area (Å²) in [4.78, 5) is 15.8. The number of amidine groups is 1. The molecule has 0 spiro atoms. The molecule has 0 atom stereocenters. The van der Waals surface area contributed by atoms with Crippen LogP contribution >= 0.6 is 0 Å². The molecule has 2 heterocycles. The number of aromatic hydroxyl groups is 1. The fourth-order valence-electron chi connectivity index (χ4n) is 4.64. The molecule has 0 unspecified atom stereocenters. The number of nitrogens with one attached hydrogen (secondary N) is 4. The molecule has 0 bridgehead atoms. The van der Waals surface area contributed by atoms with E-state index < -0.39 is 0 Å². The Bertz CT molecular complexity index is 1080. The molecule has 0 amide bonds. The Kier molecular flexibility index (Phi) is 6.41. The highest BCUT2D eigenvalue weighted by Crippen LogP contribution is 2.31. The first-order valence-corrected chi connectivity index (χ1v) is 10.8. The largest absolute Gasteiger partial charge is 0.507 e. The first-order valence-electron chi connectivity index (χ1n) is 10.8. The van der Waals surface area contributed by atoms with Crippen molar-refractivity contribution in [2.75, 3.05) is 7.05 Å². The van der Waals surface area contributed by atoms with Crippen LogP contribution in [0.5, 0.6) is 5.75 Å². The van der Waals surface area contributed by atoms with Gasteiger partial charge in [0.25, 0.3) is 0 Å². The molecule has 0 saturated carbocycles. The lowest BCUT2D eigenvalue weighted by Gasteiger charge is -2.49. The van der Waals surface area contributed by atoms with Gasteiger partial charge in [-0.15, -0.1) is 0 Å². The van der Waals surface area contributed by atoms with E-state index in [4.69, 9.17) is 10.8 Å². The minimum absolute atomic E-state index is 0.0172. The maximum Gasteiger partial charge on any atom is 0.247 e. The van der Waals surface area contributed by atoms with Crippen molar-refractivity contribution in [1.29, 1.82) is 10.8 Å². The third-order valence-corrected chi connectivity index (χ3v) is 5.91. The van der Waals surface area contributed by atoms with Crippen LogP contribution in [-0.2, 0) is 0 Å². The molecule has 1 aliphatic rings. The minimum atomic E-state index is -0.189. The summed E-state index contributed by atoms with van der Waals surface area (Å²) >= 11 is 0. The summed E-state index contributed by atoms with van der Waals surface area (Å²) < 4.78 is 0. The molecule has 1 aromatic heterocycles. The first-order chi connectivity index (χ1) is 14.9. The van der Waals surface area contributed by atoms with Crippen molar-refractivity contribution in [2.45, 2.75) is 57.7 Å². The number of likely N-dealkylation sites (N-methyl/N-ethyl adjacent to an activating group) is 1. The van der Waals surface area contributed by atoms with Crippen molar-refractivity contribution < 1.29 is 5.11 Å². The Morgan fingerprint density at radius 3 is 2.25 bits per heavy atom. The number of nitrogens with zero attached hydrogens (tertiary/aromatic N) is 1. The van der Waals surface area contributed by atoms with Gasteiger partial charge in [0.2, 0.25) is 5.56 Å². The van der Waals surface area contributed by atoms with Gasteiger partial charge < -0.3 is 25.7 Å². The van der Waals surface area contributed by atoms with Crippen molar-refractivity contribution >= 4 is 11.5 Å². The number of phenols is 1. The van der Waals surface area contributed by atoms with E-state index in [1.807, 2.05) is 11.9 Å². The van der Waals surface area contributed by atoms with E-state index in [-0.39, 0.29) is 34.1 Å². The molecule has 0 radical (unpaired) electrons. The van der Waals surface area contributed by atoms with Gasteiger partial charge in [0, 0.05) is 42.0 Å². The Balaban J connectivity index is 1.71. The van der Waals surface area contributed by atoms with Crippen molar-refractivity contribution in [3.63, 3.8) is 0 Å². The number of H-pyrrole nitrogens is 1. The molecule has 1 fully saturated rings. The van der Waals surface area contributed by atoms with Crippen molar-refractivity contribution in [1.82, 2.24) is 15.2 Å². The average molecular weight is 436 g/mol. The van der Waals surface area contributed by atoms with E-state index in [1.54, 1.807) is 42.6 Å². The Morgan fingerprint density at radius 2 is 1.69 bits per heavy atom. The number of pyridine rings is 1. The Morgan fingerprint density at radius 1 is 1.06 bits per heavy atom.